The molecule has 0 saturated heterocycles. The van der Waals surface area contributed by atoms with Gasteiger partial charge in [0, 0.05) is 19.0 Å². The molecule has 1 heterocycles. The van der Waals surface area contributed by atoms with E-state index < -0.39 is 0 Å². The van der Waals surface area contributed by atoms with E-state index in [0.29, 0.717) is 6.04 Å². The lowest BCUT2D eigenvalue weighted by Crippen LogP contribution is -2.35. The highest BCUT2D eigenvalue weighted by Gasteiger charge is 2.34. The molecule has 1 N–H and O–H groups in total. The second-order valence-corrected chi connectivity index (χ2v) is 5.90. The highest BCUT2D eigenvalue weighted by Crippen LogP contribution is 2.43. The van der Waals surface area contributed by atoms with Gasteiger partial charge in [-0.25, -0.2) is 0 Å². The van der Waals surface area contributed by atoms with Crippen molar-refractivity contribution >= 4 is 0 Å². The van der Waals surface area contributed by atoms with Crippen molar-refractivity contribution in [2.24, 2.45) is 11.8 Å². The van der Waals surface area contributed by atoms with Crippen LogP contribution in [0.15, 0.2) is 4.52 Å². The summed E-state index contributed by atoms with van der Waals surface area (Å²) in [5, 5.41) is 7.48. The number of aromatic nitrogens is 2. The zero-order valence-corrected chi connectivity index (χ0v) is 11.2. The molecule has 2 unspecified atom stereocenters. The van der Waals surface area contributed by atoms with Crippen molar-refractivity contribution in [3.8, 4) is 0 Å². The van der Waals surface area contributed by atoms with Crippen LogP contribution in [0.3, 0.4) is 0 Å². The molecule has 4 nitrogen and oxygen atoms in total. The van der Waals surface area contributed by atoms with E-state index >= 15 is 0 Å². The maximum absolute atomic E-state index is 5.12. The van der Waals surface area contributed by atoms with E-state index in [4.69, 9.17) is 4.52 Å². The van der Waals surface area contributed by atoms with Gasteiger partial charge in [0.25, 0.3) is 0 Å². The van der Waals surface area contributed by atoms with Gasteiger partial charge in [0.15, 0.2) is 5.82 Å². The third-order valence-electron chi connectivity index (χ3n) is 4.34. The lowest BCUT2D eigenvalue weighted by Gasteiger charge is -2.29. The zero-order chi connectivity index (χ0) is 12.4. The first-order chi connectivity index (χ1) is 8.81. The van der Waals surface area contributed by atoms with Crippen LogP contribution in [-0.2, 0) is 6.42 Å². The second kappa shape index (κ2) is 5.39. The topological polar surface area (TPSA) is 51.0 Å². The Hall–Kier alpha value is -0.900. The molecule has 2 atom stereocenters. The molecular formula is C14H23N3O. The smallest absolute Gasteiger partial charge is 0.227 e. The van der Waals surface area contributed by atoms with E-state index in [1.165, 1.54) is 38.5 Å². The highest BCUT2D eigenvalue weighted by atomic mass is 16.5. The van der Waals surface area contributed by atoms with Crippen LogP contribution in [0.1, 0.15) is 50.2 Å². The Balaban J connectivity index is 1.39. The number of hydrogen-bond donors (Lipinski definition) is 1. The predicted octanol–water partition coefficient (Wildman–Crippen LogP) is 2.48. The van der Waals surface area contributed by atoms with E-state index in [1.54, 1.807) is 0 Å². The summed E-state index contributed by atoms with van der Waals surface area (Å²) in [6.45, 7) is 2.82. The minimum absolute atomic E-state index is 0.716. The highest BCUT2D eigenvalue weighted by molar-refractivity contribution is 4.89. The van der Waals surface area contributed by atoms with E-state index in [9.17, 15) is 0 Å². The van der Waals surface area contributed by atoms with Gasteiger partial charge in [0.2, 0.25) is 5.89 Å². The maximum Gasteiger partial charge on any atom is 0.227 e. The first-order valence-electron chi connectivity index (χ1n) is 7.34. The standard InChI is InChI=1S/C14H23N3O/c1-10-16-14(18-17-10)7-8-15-13-4-2-3-12(9-13)11-5-6-11/h11-13,15H,2-9H2,1H3. The Kier molecular flexibility index (Phi) is 3.64. The molecule has 0 aromatic carbocycles. The van der Waals surface area contributed by atoms with Crippen molar-refractivity contribution in [1.82, 2.24) is 15.5 Å². The van der Waals surface area contributed by atoms with Crippen LogP contribution >= 0.6 is 0 Å². The summed E-state index contributed by atoms with van der Waals surface area (Å²) in [6.07, 6.45) is 9.41. The number of rotatable bonds is 5. The number of aryl methyl sites for hydroxylation is 1. The molecule has 0 radical (unpaired) electrons. The molecule has 100 valence electrons. The van der Waals surface area contributed by atoms with Crippen molar-refractivity contribution in [3.63, 3.8) is 0 Å². The average Bonchev–Trinajstić information content (AvgIpc) is 3.14. The van der Waals surface area contributed by atoms with E-state index in [0.717, 1.165) is 36.5 Å². The molecule has 2 saturated carbocycles. The Morgan fingerprint density at radius 2 is 2.11 bits per heavy atom. The Morgan fingerprint density at radius 3 is 2.83 bits per heavy atom. The minimum Gasteiger partial charge on any atom is -0.339 e. The van der Waals surface area contributed by atoms with Crippen LogP contribution in [0, 0.1) is 18.8 Å². The van der Waals surface area contributed by atoms with Crippen LogP contribution in [0.25, 0.3) is 0 Å². The number of hydrogen-bond acceptors (Lipinski definition) is 4. The fraction of sp³-hybridized carbons (Fsp3) is 0.857. The van der Waals surface area contributed by atoms with Crippen molar-refractivity contribution in [3.05, 3.63) is 11.7 Å². The molecular weight excluding hydrogens is 226 g/mol. The molecule has 2 aliphatic carbocycles. The molecule has 2 fully saturated rings. The van der Waals surface area contributed by atoms with Gasteiger partial charge in [-0.2, -0.15) is 4.98 Å². The van der Waals surface area contributed by atoms with Gasteiger partial charge in [-0.3, -0.25) is 0 Å². The van der Waals surface area contributed by atoms with Gasteiger partial charge in [-0.15, -0.1) is 0 Å². The first-order valence-corrected chi connectivity index (χ1v) is 7.34. The monoisotopic (exact) mass is 249 g/mol. The van der Waals surface area contributed by atoms with Crippen LogP contribution in [-0.4, -0.2) is 22.7 Å². The van der Waals surface area contributed by atoms with Crippen molar-refractivity contribution in [2.45, 2.75) is 57.9 Å². The fourth-order valence-corrected chi connectivity index (χ4v) is 3.23. The summed E-state index contributed by atoms with van der Waals surface area (Å²) in [7, 11) is 0. The summed E-state index contributed by atoms with van der Waals surface area (Å²) in [5.41, 5.74) is 0. The van der Waals surface area contributed by atoms with Crippen LogP contribution in [0.2, 0.25) is 0 Å². The van der Waals surface area contributed by atoms with Crippen molar-refractivity contribution < 1.29 is 4.52 Å². The molecule has 18 heavy (non-hydrogen) atoms. The van der Waals surface area contributed by atoms with E-state index in [1.807, 2.05) is 6.92 Å². The molecule has 0 bridgehead atoms. The number of nitrogens with one attached hydrogen (secondary N) is 1. The van der Waals surface area contributed by atoms with Gasteiger partial charge >= 0.3 is 0 Å². The van der Waals surface area contributed by atoms with Crippen LogP contribution < -0.4 is 5.32 Å². The SMILES string of the molecule is Cc1noc(CCNC2CCCC(C3CC3)C2)n1. The lowest BCUT2D eigenvalue weighted by atomic mass is 9.83. The fourth-order valence-electron chi connectivity index (χ4n) is 3.23. The predicted molar refractivity (Wildman–Crippen MR) is 69.2 cm³/mol. The Morgan fingerprint density at radius 1 is 1.22 bits per heavy atom. The van der Waals surface area contributed by atoms with E-state index in [2.05, 4.69) is 15.5 Å². The number of nitrogens with zero attached hydrogens (tertiary/aromatic N) is 2. The second-order valence-electron chi connectivity index (χ2n) is 5.90. The summed E-state index contributed by atoms with van der Waals surface area (Å²) in [6, 6.07) is 0.716. The molecule has 1 aromatic heterocycles. The molecule has 2 aliphatic rings. The first kappa shape index (κ1) is 12.2. The summed E-state index contributed by atoms with van der Waals surface area (Å²) >= 11 is 0. The molecule has 3 rings (SSSR count). The normalized spacial score (nSPS) is 28.5. The van der Waals surface area contributed by atoms with Gasteiger partial charge < -0.3 is 9.84 Å². The molecule has 0 amide bonds. The van der Waals surface area contributed by atoms with Gasteiger partial charge in [-0.05, 0) is 44.4 Å². The Bertz CT molecular complexity index is 386. The average molecular weight is 249 g/mol. The quantitative estimate of drug-likeness (QED) is 0.871. The molecule has 0 aliphatic heterocycles. The maximum atomic E-state index is 5.12. The van der Waals surface area contributed by atoms with Gasteiger partial charge in [0.05, 0.1) is 0 Å². The van der Waals surface area contributed by atoms with Crippen molar-refractivity contribution in [1.29, 1.82) is 0 Å². The lowest BCUT2D eigenvalue weighted by molar-refractivity contribution is 0.260. The Labute approximate surface area is 109 Å². The zero-order valence-electron chi connectivity index (χ0n) is 11.2. The van der Waals surface area contributed by atoms with Gasteiger partial charge in [0.1, 0.15) is 0 Å². The molecule has 1 aromatic rings. The summed E-state index contributed by atoms with van der Waals surface area (Å²) in [5.74, 6) is 3.56. The summed E-state index contributed by atoms with van der Waals surface area (Å²) in [4.78, 5) is 4.23. The van der Waals surface area contributed by atoms with Crippen LogP contribution in [0.4, 0.5) is 0 Å². The third-order valence-corrected chi connectivity index (χ3v) is 4.34. The van der Waals surface area contributed by atoms with Crippen LogP contribution in [0.5, 0.6) is 0 Å². The molecule has 0 spiro atoms. The molecule has 4 heteroatoms. The van der Waals surface area contributed by atoms with E-state index in [-0.39, 0.29) is 0 Å². The largest absolute Gasteiger partial charge is 0.339 e. The van der Waals surface area contributed by atoms with Gasteiger partial charge in [-0.1, -0.05) is 18.0 Å². The minimum atomic E-state index is 0.716. The third kappa shape index (κ3) is 3.10. The summed E-state index contributed by atoms with van der Waals surface area (Å²) < 4.78 is 5.12. The van der Waals surface area contributed by atoms with Crippen molar-refractivity contribution in [2.75, 3.05) is 6.54 Å².